The molecule has 1 N–H and O–H groups in total. The number of aryl methyl sites for hydroxylation is 1. The van der Waals surface area contributed by atoms with Crippen molar-refractivity contribution < 1.29 is 18.8 Å². The average Bonchev–Trinajstić information content (AvgIpc) is 3.25. The largest absolute Gasteiger partial charge is 0.447 e. The third-order valence-electron chi connectivity index (χ3n) is 3.37. The maximum Gasteiger partial charge on any atom is 0.312 e. The molecule has 3 rings (SSSR count). The summed E-state index contributed by atoms with van der Waals surface area (Å²) in [5, 5.41) is 8.22. The highest BCUT2D eigenvalue weighted by Crippen LogP contribution is 2.21. The molecular weight excluding hydrogens is 340 g/mol. The zero-order chi connectivity index (χ0) is 17.6. The Morgan fingerprint density at radius 3 is 2.68 bits per heavy atom. The van der Waals surface area contributed by atoms with Gasteiger partial charge in [0.1, 0.15) is 5.76 Å². The standard InChI is InChI=1S/C18H16N2O4S/c1-12-10-15(20-24-12)19-18(22)17(13-6-3-2-4-7-13)23-16(21)11-14-8-5-9-25-14/h2-10,17H,11H2,1H3,(H,19,20,22). The van der Waals surface area contributed by atoms with E-state index < -0.39 is 18.0 Å². The normalized spacial score (nSPS) is 11.7. The van der Waals surface area contributed by atoms with Gasteiger partial charge in [-0.25, -0.2) is 0 Å². The van der Waals surface area contributed by atoms with Gasteiger partial charge >= 0.3 is 5.97 Å². The summed E-state index contributed by atoms with van der Waals surface area (Å²) in [4.78, 5) is 25.7. The molecule has 1 atom stereocenters. The molecule has 0 spiro atoms. The van der Waals surface area contributed by atoms with Crippen LogP contribution in [0, 0.1) is 6.92 Å². The highest BCUT2D eigenvalue weighted by molar-refractivity contribution is 7.10. The van der Waals surface area contributed by atoms with Crippen molar-refractivity contribution >= 4 is 29.0 Å². The van der Waals surface area contributed by atoms with Crippen molar-refractivity contribution in [2.45, 2.75) is 19.4 Å². The van der Waals surface area contributed by atoms with Gasteiger partial charge in [-0.1, -0.05) is 41.6 Å². The summed E-state index contributed by atoms with van der Waals surface area (Å²) in [5.74, 6) is -0.110. The Labute approximate surface area is 148 Å². The molecule has 2 heterocycles. The average molecular weight is 356 g/mol. The van der Waals surface area contributed by atoms with Crippen LogP contribution in [0.15, 0.2) is 58.4 Å². The Morgan fingerprint density at radius 2 is 2.04 bits per heavy atom. The van der Waals surface area contributed by atoms with Gasteiger partial charge in [-0.15, -0.1) is 11.3 Å². The first-order valence-electron chi connectivity index (χ1n) is 7.63. The number of thiophene rings is 1. The van der Waals surface area contributed by atoms with Crippen LogP contribution in [0.4, 0.5) is 5.82 Å². The first-order valence-corrected chi connectivity index (χ1v) is 8.51. The topological polar surface area (TPSA) is 81.4 Å². The molecule has 2 aromatic heterocycles. The third kappa shape index (κ3) is 4.54. The second kappa shape index (κ2) is 7.76. The highest BCUT2D eigenvalue weighted by atomic mass is 32.1. The molecule has 0 bridgehead atoms. The van der Waals surface area contributed by atoms with Gasteiger partial charge in [-0.05, 0) is 18.4 Å². The number of rotatable bonds is 6. The smallest absolute Gasteiger partial charge is 0.312 e. The number of hydrogen-bond donors (Lipinski definition) is 1. The number of ether oxygens (including phenoxy) is 1. The lowest BCUT2D eigenvalue weighted by Gasteiger charge is -2.17. The Bertz CT molecular complexity index is 843. The summed E-state index contributed by atoms with van der Waals surface area (Å²) >= 11 is 1.46. The van der Waals surface area contributed by atoms with Crippen molar-refractivity contribution in [3.05, 3.63) is 70.1 Å². The molecule has 0 saturated carbocycles. The van der Waals surface area contributed by atoms with E-state index in [2.05, 4.69) is 10.5 Å². The van der Waals surface area contributed by atoms with Crippen LogP contribution in [0.2, 0.25) is 0 Å². The molecule has 7 heteroatoms. The molecule has 1 unspecified atom stereocenters. The number of aromatic nitrogens is 1. The Balaban J connectivity index is 1.75. The SMILES string of the molecule is Cc1cc(NC(=O)C(OC(=O)Cc2cccs2)c2ccccc2)no1. The molecular formula is C18H16N2O4S. The van der Waals surface area contributed by atoms with E-state index in [1.54, 1.807) is 37.3 Å². The number of nitrogens with one attached hydrogen (secondary N) is 1. The Morgan fingerprint density at radius 1 is 1.24 bits per heavy atom. The lowest BCUT2D eigenvalue weighted by atomic mass is 10.1. The predicted molar refractivity (Wildman–Crippen MR) is 93.2 cm³/mol. The van der Waals surface area contributed by atoms with E-state index >= 15 is 0 Å². The molecule has 0 saturated heterocycles. The molecule has 1 aromatic carbocycles. The van der Waals surface area contributed by atoms with Crippen LogP contribution in [0.5, 0.6) is 0 Å². The highest BCUT2D eigenvalue weighted by Gasteiger charge is 2.26. The van der Waals surface area contributed by atoms with Gasteiger partial charge < -0.3 is 14.6 Å². The fourth-order valence-electron chi connectivity index (χ4n) is 2.25. The second-order valence-corrected chi connectivity index (χ2v) is 6.38. The quantitative estimate of drug-likeness (QED) is 0.684. The summed E-state index contributed by atoms with van der Waals surface area (Å²) in [7, 11) is 0. The van der Waals surface area contributed by atoms with Gasteiger partial charge in [0, 0.05) is 16.5 Å². The minimum Gasteiger partial charge on any atom is -0.447 e. The second-order valence-electron chi connectivity index (χ2n) is 5.35. The molecule has 128 valence electrons. The van der Waals surface area contributed by atoms with Crippen molar-refractivity contribution in [3.8, 4) is 0 Å². The maximum atomic E-state index is 12.6. The van der Waals surface area contributed by atoms with E-state index in [9.17, 15) is 9.59 Å². The van der Waals surface area contributed by atoms with Gasteiger partial charge in [0.25, 0.3) is 5.91 Å². The summed E-state index contributed by atoms with van der Waals surface area (Å²) in [6.45, 7) is 1.72. The molecule has 25 heavy (non-hydrogen) atoms. The van der Waals surface area contributed by atoms with Crippen LogP contribution < -0.4 is 5.32 Å². The van der Waals surface area contributed by atoms with Gasteiger partial charge in [0.2, 0.25) is 6.10 Å². The molecule has 0 radical (unpaired) electrons. The Hall–Kier alpha value is -2.93. The number of carbonyl (C=O) groups excluding carboxylic acids is 2. The van der Waals surface area contributed by atoms with Crippen molar-refractivity contribution in [2.75, 3.05) is 5.32 Å². The molecule has 3 aromatic rings. The van der Waals surface area contributed by atoms with E-state index in [1.165, 1.54) is 11.3 Å². The predicted octanol–water partition coefficient (Wildman–Crippen LogP) is 3.51. The number of hydrogen-bond acceptors (Lipinski definition) is 6. The number of amides is 1. The zero-order valence-electron chi connectivity index (χ0n) is 13.5. The molecule has 0 aliphatic carbocycles. The number of esters is 1. The fraction of sp³-hybridized carbons (Fsp3) is 0.167. The first kappa shape index (κ1) is 16.9. The van der Waals surface area contributed by atoms with Gasteiger partial charge in [0.05, 0.1) is 6.42 Å². The lowest BCUT2D eigenvalue weighted by molar-refractivity contribution is -0.154. The molecule has 1 amide bonds. The summed E-state index contributed by atoms with van der Waals surface area (Å²) < 4.78 is 10.4. The molecule has 0 aliphatic rings. The molecule has 0 fully saturated rings. The summed E-state index contributed by atoms with van der Waals surface area (Å²) in [5.41, 5.74) is 0.583. The van der Waals surface area contributed by atoms with E-state index in [4.69, 9.17) is 9.26 Å². The van der Waals surface area contributed by atoms with Crippen LogP contribution in [0.25, 0.3) is 0 Å². The van der Waals surface area contributed by atoms with Crippen molar-refractivity contribution in [1.82, 2.24) is 5.16 Å². The van der Waals surface area contributed by atoms with Crippen LogP contribution in [-0.2, 0) is 20.7 Å². The van der Waals surface area contributed by atoms with Gasteiger partial charge in [0.15, 0.2) is 5.82 Å². The molecule has 6 nitrogen and oxygen atoms in total. The van der Waals surface area contributed by atoms with Crippen LogP contribution in [0.1, 0.15) is 22.3 Å². The summed E-state index contributed by atoms with van der Waals surface area (Å²) in [6.07, 6.45) is -0.942. The van der Waals surface area contributed by atoms with E-state index in [0.29, 0.717) is 11.3 Å². The zero-order valence-corrected chi connectivity index (χ0v) is 14.3. The monoisotopic (exact) mass is 356 g/mol. The van der Waals surface area contributed by atoms with Gasteiger partial charge in [-0.2, -0.15) is 0 Å². The first-order chi connectivity index (χ1) is 12.1. The number of anilines is 1. The molecule has 0 aliphatic heterocycles. The van der Waals surface area contributed by atoms with Crippen LogP contribution in [0.3, 0.4) is 0 Å². The Kier molecular flexibility index (Phi) is 5.25. The minimum absolute atomic E-state index is 0.122. The van der Waals surface area contributed by atoms with Crippen molar-refractivity contribution in [1.29, 1.82) is 0 Å². The van der Waals surface area contributed by atoms with Crippen LogP contribution >= 0.6 is 11.3 Å². The third-order valence-corrected chi connectivity index (χ3v) is 4.24. The number of benzene rings is 1. The maximum absolute atomic E-state index is 12.6. The van der Waals surface area contributed by atoms with Gasteiger partial charge in [-0.3, -0.25) is 9.59 Å². The number of carbonyl (C=O) groups is 2. The van der Waals surface area contributed by atoms with Crippen LogP contribution in [-0.4, -0.2) is 17.0 Å². The summed E-state index contributed by atoms with van der Waals surface area (Å²) in [6, 6.07) is 14.2. The van der Waals surface area contributed by atoms with E-state index in [-0.39, 0.29) is 12.2 Å². The van der Waals surface area contributed by atoms with E-state index in [1.807, 2.05) is 23.6 Å². The van der Waals surface area contributed by atoms with Crippen molar-refractivity contribution in [3.63, 3.8) is 0 Å². The lowest BCUT2D eigenvalue weighted by Crippen LogP contribution is -2.26. The van der Waals surface area contributed by atoms with E-state index in [0.717, 1.165) is 4.88 Å². The fourth-order valence-corrected chi connectivity index (χ4v) is 2.94. The minimum atomic E-state index is -1.06. The number of nitrogens with zero attached hydrogens (tertiary/aromatic N) is 1. The van der Waals surface area contributed by atoms with Crippen molar-refractivity contribution in [2.24, 2.45) is 0 Å².